The average Bonchev–Trinajstić information content (AvgIpc) is 2.77. The van der Waals surface area contributed by atoms with E-state index in [1.807, 2.05) is 31.2 Å². The first-order valence-corrected chi connectivity index (χ1v) is 8.91. The molecule has 1 aromatic rings. The van der Waals surface area contributed by atoms with Crippen LogP contribution in [0.25, 0.3) is 0 Å². The van der Waals surface area contributed by atoms with E-state index in [0.717, 1.165) is 24.8 Å². The Morgan fingerprint density at radius 2 is 2.11 bits per heavy atom. The predicted octanol–water partition coefficient (Wildman–Crippen LogP) is 2.96. The van der Waals surface area contributed by atoms with Crippen molar-refractivity contribution in [3.05, 3.63) is 34.9 Å². The van der Waals surface area contributed by atoms with Gasteiger partial charge in [0.15, 0.2) is 9.84 Å². The smallest absolute Gasteiger partial charge is 0.151 e. The summed E-state index contributed by atoms with van der Waals surface area (Å²) >= 11 is 5.98. The molecule has 5 heteroatoms. The number of halogens is 1. The van der Waals surface area contributed by atoms with Crippen LogP contribution in [0, 0.1) is 0 Å². The van der Waals surface area contributed by atoms with Gasteiger partial charge < -0.3 is 5.32 Å². The van der Waals surface area contributed by atoms with Gasteiger partial charge in [0, 0.05) is 23.4 Å². The van der Waals surface area contributed by atoms with Crippen LogP contribution in [0.5, 0.6) is 0 Å². The van der Waals surface area contributed by atoms with Crippen molar-refractivity contribution in [1.29, 1.82) is 0 Å². The van der Waals surface area contributed by atoms with Gasteiger partial charge in [-0.15, -0.1) is 0 Å². The molecule has 3 nitrogen and oxygen atoms in total. The molecule has 0 aliphatic heterocycles. The standard InChI is InChI=1S/C14H20ClNO2S/c1-10(11-5-3-6-12(15)9-11)16-13-7-4-8-14(13)19(2,17)18/h3,5-6,9-10,13-14,16H,4,7-8H2,1-2H3/t10-,13?,14?/m1/s1. The molecular weight excluding hydrogens is 282 g/mol. The molecule has 19 heavy (non-hydrogen) atoms. The van der Waals surface area contributed by atoms with Crippen molar-refractivity contribution < 1.29 is 8.42 Å². The third-order valence-corrected chi connectivity index (χ3v) is 5.71. The summed E-state index contributed by atoms with van der Waals surface area (Å²) in [4.78, 5) is 0. The molecule has 1 saturated carbocycles. The highest BCUT2D eigenvalue weighted by molar-refractivity contribution is 7.91. The number of nitrogens with one attached hydrogen (secondary N) is 1. The van der Waals surface area contributed by atoms with E-state index in [-0.39, 0.29) is 17.3 Å². The van der Waals surface area contributed by atoms with Crippen molar-refractivity contribution in [3.8, 4) is 0 Å². The fraction of sp³-hybridized carbons (Fsp3) is 0.571. The minimum absolute atomic E-state index is 0.0454. The molecule has 1 aliphatic carbocycles. The summed E-state index contributed by atoms with van der Waals surface area (Å²) in [6.07, 6.45) is 3.99. The van der Waals surface area contributed by atoms with Crippen LogP contribution in [0.4, 0.5) is 0 Å². The SMILES string of the molecule is C[C@@H](NC1CCCC1S(C)(=O)=O)c1cccc(Cl)c1. The van der Waals surface area contributed by atoms with Crippen LogP contribution in [0.15, 0.2) is 24.3 Å². The van der Waals surface area contributed by atoms with Gasteiger partial charge in [0.05, 0.1) is 5.25 Å². The quantitative estimate of drug-likeness (QED) is 0.930. The summed E-state index contributed by atoms with van der Waals surface area (Å²) < 4.78 is 23.5. The second-order valence-corrected chi connectivity index (χ2v) is 8.05. The monoisotopic (exact) mass is 301 g/mol. The molecule has 1 fully saturated rings. The third kappa shape index (κ3) is 3.71. The van der Waals surface area contributed by atoms with Crippen molar-refractivity contribution >= 4 is 21.4 Å². The first-order valence-electron chi connectivity index (χ1n) is 6.58. The molecule has 0 aromatic heterocycles. The van der Waals surface area contributed by atoms with Gasteiger partial charge in [-0.1, -0.05) is 30.2 Å². The molecule has 1 N–H and O–H groups in total. The van der Waals surface area contributed by atoms with E-state index in [1.165, 1.54) is 6.26 Å². The van der Waals surface area contributed by atoms with Gasteiger partial charge in [0.25, 0.3) is 0 Å². The summed E-state index contributed by atoms with van der Waals surface area (Å²) in [5.74, 6) is 0. The fourth-order valence-corrected chi connectivity index (χ4v) is 4.43. The van der Waals surface area contributed by atoms with Gasteiger partial charge in [-0.3, -0.25) is 0 Å². The lowest BCUT2D eigenvalue weighted by atomic mass is 10.1. The van der Waals surface area contributed by atoms with E-state index in [1.54, 1.807) is 0 Å². The Kier molecular flexibility index (Phi) is 4.54. The van der Waals surface area contributed by atoms with Gasteiger partial charge in [0.1, 0.15) is 0 Å². The summed E-state index contributed by atoms with van der Waals surface area (Å²) in [6.45, 7) is 2.04. The molecule has 2 unspecified atom stereocenters. The first-order chi connectivity index (χ1) is 8.88. The van der Waals surface area contributed by atoms with Gasteiger partial charge in [-0.05, 0) is 37.5 Å². The van der Waals surface area contributed by atoms with Gasteiger partial charge >= 0.3 is 0 Å². The van der Waals surface area contributed by atoms with Crippen LogP contribution in [0.1, 0.15) is 37.8 Å². The lowest BCUT2D eigenvalue weighted by Gasteiger charge is -2.24. The Labute approximate surface area is 120 Å². The predicted molar refractivity (Wildman–Crippen MR) is 79.3 cm³/mol. The Morgan fingerprint density at radius 1 is 1.37 bits per heavy atom. The maximum absolute atomic E-state index is 11.8. The summed E-state index contributed by atoms with van der Waals surface area (Å²) in [5.41, 5.74) is 1.09. The van der Waals surface area contributed by atoms with Crippen LogP contribution in [-0.4, -0.2) is 26.0 Å². The Balaban J connectivity index is 2.08. The number of benzene rings is 1. The maximum Gasteiger partial charge on any atom is 0.151 e. The van der Waals surface area contributed by atoms with E-state index in [4.69, 9.17) is 11.6 Å². The normalized spacial score (nSPS) is 25.4. The fourth-order valence-electron chi connectivity index (χ4n) is 2.82. The van der Waals surface area contributed by atoms with E-state index in [9.17, 15) is 8.42 Å². The van der Waals surface area contributed by atoms with Crippen molar-refractivity contribution in [3.63, 3.8) is 0 Å². The second-order valence-electron chi connectivity index (χ2n) is 5.35. The van der Waals surface area contributed by atoms with E-state index in [2.05, 4.69) is 5.32 Å². The van der Waals surface area contributed by atoms with Gasteiger partial charge in [-0.25, -0.2) is 8.42 Å². The van der Waals surface area contributed by atoms with Crippen LogP contribution >= 0.6 is 11.6 Å². The average molecular weight is 302 g/mol. The molecule has 3 atom stereocenters. The first kappa shape index (κ1) is 14.8. The van der Waals surface area contributed by atoms with Crippen LogP contribution in [0.3, 0.4) is 0 Å². The van der Waals surface area contributed by atoms with Crippen molar-refractivity contribution in [1.82, 2.24) is 5.32 Å². The zero-order chi connectivity index (χ0) is 14.0. The van der Waals surface area contributed by atoms with Crippen molar-refractivity contribution in [2.24, 2.45) is 0 Å². The van der Waals surface area contributed by atoms with E-state index in [0.29, 0.717) is 5.02 Å². The van der Waals surface area contributed by atoms with Gasteiger partial charge in [-0.2, -0.15) is 0 Å². The number of rotatable bonds is 4. The highest BCUT2D eigenvalue weighted by Crippen LogP contribution is 2.27. The minimum atomic E-state index is -2.98. The lowest BCUT2D eigenvalue weighted by Crippen LogP contribution is -2.41. The van der Waals surface area contributed by atoms with E-state index >= 15 is 0 Å². The summed E-state index contributed by atoms with van der Waals surface area (Å²) in [7, 11) is -2.98. The molecule has 106 valence electrons. The van der Waals surface area contributed by atoms with Crippen molar-refractivity contribution in [2.45, 2.75) is 43.5 Å². The number of hydrogen-bond acceptors (Lipinski definition) is 3. The molecule has 0 spiro atoms. The molecule has 0 radical (unpaired) electrons. The topological polar surface area (TPSA) is 46.2 Å². The van der Waals surface area contributed by atoms with Crippen molar-refractivity contribution in [2.75, 3.05) is 6.26 Å². The molecule has 0 bridgehead atoms. The van der Waals surface area contributed by atoms with Crippen LogP contribution in [0.2, 0.25) is 5.02 Å². The molecule has 1 aromatic carbocycles. The highest BCUT2D eigenvalue weighted by atomic mass is 35.5. The largest absolute Gasteiger partial charge is 0.306 e. The lowest BCUT2D eigenvalue weighted by molar-refractivity contribution is 0.456. The zero-order valence-corrected chi connectivity index (χ0v) is 12.8. The number of sulfone groups is 1. The van der Waals surface area contributed by atoms with Crippen LogP contribution < -0.4 is 5.32 Å². The van der Waals surface area contributed by atoms with E-state index < -0.39 is 9.84 Å². The van der Waals surface area contributed by atoms with Gasteiger partial charge in [0.2, 0.25) is 0 Å². The highest BCUT2D eigenvalue weighted by Gasteiger charge is 2.35. The third-order valence-electron chi connectivity index (χ3n) is 3.82. The Hall–Kier alpha value is -0.580. The number of hydrogen-bond donors (Lipinski definition) is 1. The molecule has 1 aliphatic rings. The summed E-state index contributed by atoms with van der Waals surface area (Å²) in [6, 6.07) is 7.83. The summed E-state index contributed by atoms with van der Waals surface area (Å²) in [5, 5.41) is 3.89. The Morgan fingerprint density at radius 3 is 2.74 bits per heavy atom. The molecule has 0 amide bonds. The minimum Gasteiger partial charge on any atom is -0.306 e. The zero-order valence-electron chi connectivity index (χ0n) is 11.3. The second kappa shape index (κ2) is 5.81. The van der Waals surface area contributed by atoms with Crippen LogP contribution in [-0.2, 0) is 9.84 Å². The molecule has 0 saturated heterocycles. The maximum atomic E-state index is 11.8. The molecule has 0 heterocycles. The molecular formula is C14H20ClNO2S. The molecule has 2 rings (SSSR count). The Bertz CT molecular complexity index is 544.